The van der Waals surface area contributed by atoms with Crippen LogP contribution in [-0.2, 0) is 6.54 Å². The van der Waals surface area contributed by atoms with Crippen LogP contribution in [0.4, 0.5) is 5.69 Å². The minimum absolute atomic E-state index is 0.868. The maximum Gasteiger partial charge on any atom is 0.140 e. The molecule has 0 N–H and O–H groups in total. The third kappa shape index (κ3) is 4.50. The molecule has 0 saturated heterocycles. The van der Waals surface area contributed by atoms with E-state index >= 15 is 0 Å². The van der Waals surface area contributed by atoms with Gasteiger partial charge in [0, 0.05) is 11.1 Å². The van der Waals surface area contributed by atoms with Gasteiger partial charge in [-0.15, -0.1) is 0 Å². The molecule has 1 heterocycles. The molecule has 0 radical (unpaired) electrons. The van der Waals surface area contributed by atoms with Gasteiger partial charge in [-0.25, -0.2) is 0 Å². The van der Waals surface area contributed by atoms with Gasteiger partial charge < -0.3 is 0 Å². The predicted octanol–water partition coefficient (Wildman–Crippen LogP) is 12.2. The van der Waals surface area contributed by atoms with E-state index in [2.05, 4.69) is 173 Å². The summed E-state index contributed by atoms with van der Waals surface area (Å²) in [4.78, 5) is 0. The van der Waals surface area contributed by atoms with Gasteiger partial charge in [0.15, 0.2) is 0 Å². The van der Waals surface area contributed by atoms with Gasteiger partial charge >= 0.3 is 0 Å². The minimum Gasteiger partial charge on any atom is -0.292 e. The number of aryl methyl sites for hydroxylation is 1. The maximum absolute atomic E-state index is 2.41. The molecular formula is C46H36N+. The highest BCUT2D eigenvalue weighted by Gasteiger charge is 2.31. The minimum atomic E-state index is 0.868. The summed E-state index contributed by atoms with van der Waals surface area (Å²) in [7, 11) is 4.61. The lowest BCUT2D eigenvalue weighted by atomic mass is 9.84. The molecule has 0 aromatic heterocycles. The van der Waals surface area contributed by atoms with Crippen molar-refractivity contribution in [2.24, 2.45) is 0 Å². The Balaban J connectivity index is 1.23. The van der Waals surface area contributed by atoms with E-state index in [1.165, 1.54) is 93.6 Å². The Kier molecular flexibility index (Phi) is 6.22. The van der Waals surface area contributed by atoms with Crippen LogP contribution < -0.4 is 4.48 Å². The zero-order valence-electron chi connectivity index (χ0n) is 27.1. The Morgan fingerprint density at radius 2 is 0.979 bits per heavy atom. The molecule has 0 fully saturated rings. The smallest absolute Gasteiger partial charge is 0.140 e. The van der Waals surface area contributed by atoms with Crippen molar-refractivity contribution in [1.82, 2.24) is 4.48 Å². The standard InChI is InChI=1S/C46H36N/c1-30-19-20-33-27-36(23-21-32(33)25-30)46-41-16-6-4-14-39(41)45(40-15-5-7-17-42(40)46)35-12-10-11-31(26-35)34-22-24-37-29-47(2,3)44-18-9-8-13-38(44)43(37)28-34/h4-28H,29H2,1-3H3/q+1. The summed E-state index contributed by atoms with van der Waals surface area (Å²) in [6.45, 7) is 3.15. The molecule has 1 aliphatic rings. The van der Waals surface area contributed by atoms with Gasteiger partial charge in [-0.05, 0) is 109 Å². The van der Waals surface area contributed by atoms with Gasteiger partial charge in [0.25, 0.3) is 0 Å². The average Bonchev–Trinajstić information content (AvgIpc) is 3.10. The summed E-state index contributed by atoms with van der Waals surface area (Å²) in [5, 5.41) is 7.68. The number of para-hydroxylation sites is 1. The maximum atomic E-state index is 2.41. The number of rotatable bonds is 3. The fraction of sp³-hybridized carbons (Fsp3) is 0.0870. The van der Waals surface area contributed by atoms with Crippen LogP contribution in [0.3, 0.4) is 0 Å². The van der Waals surface area contributed by atoms with Crippen LogP contribution in [0.15, 0.2) is 152 Å². The molecule has 0 amide bonds. The van der Waals surface area contributed by atoms with Crippen molar-refractivity contribution < 1.29 is 0 Å². The molecule has 9 rings (SSSR count). The van der Waals surface area contributed by atoms with E-state index in [0.29, 0.717) is 0 Å². The van der Waals surface area contributed by atoms with Gasteiger partial charge in [0.2, 0.25) is 0 Å². The second kappa shape index (κ2) is 10.5. The van der Waals surface area contributed by atoms with Gasteiger partial charge in [-0.1, -0.05) is 127 Å². The van der Waals surface area contributed by atoms with Crippen molar-refractivity contribution in [2.75, 3.05) is 14.1 Å². The van der Waals surface area contributed by atoms with E-state index in [-0.39, 0.29) is 0 Å². The molecule has 0 saturated carbocycles. The molecule has 8 aromatic carbocycles. The van der Waals surface area contributed by atoms with E-state index < -0.39 is 0 Å². The topological polar surface area (TPSA) is 0 Å². The van der Waals surface area contributed by atoms with E-state index in [1.54, 1.807) is 0 Å². The number of quaternary nitrogens is 1. The van der Waals surface area contributed by atoms with Crippen molar-refractivity contribution in [2.45, 2.75) is 13.5 Å². The molecule has 0 unspecified atom stereocenters. The van der Waals surface area contributed by atoms with Crippen LogP contribution in [0.2, 0.25) is 0 Å². The number of nitrogens with zero attached hydrogens (tertiary/aromatic N) is 1. The second-order valence-corrected chi connectivity index (χ2v) is 13.7. The normalized spacial score (nSPS) is 13.5. The van der Waals surface area contributed by atoms with Crippen LogP contribution >= 0.6 is 0 Å². The van der Waals surface area contributed by atoms with Crippen LogP contribution in [0.25, 0.3) is 76.8 Å². The molecule has 0 aliphatic carbocycles. The lowest BCUT2D eigenvalue weighted by Crippen LogP contribution is -2.41. The van der Waals surface area contributed by atoms with Gasteiger partial charge in [-0.2, -0.15) is 0 Å². The quantitative estimate of drug-likeness (QED) is 0.139. The van der Waals surface area contributed by atoms with Gasteiger partial charge in [-0.3, -0.25) is 4.48 Å². The summed E-state index contributed by atoms with van der Waals surface area (Å²) in [5.74, 6) is 0. The third-order valence-electron chi connectivity index (χ3n) is 10.2. The first-order valence-electron chi connectivity index (χ1n) is 16.6. The van der Waals surface area contributed by atoms with E-state index in [1.807, 2.05) is 0 Å². The fourth-order valence-electron chi connectivity index (χ4n) is 8.01. The number of benzene rings is 8. The Morgan fingerprint density at radius 3 is 1.70 bits per heavy atom. The molecule has 0 bridgehead atoms. The first-order valence-corrected chi connectivity index (χ1v) is 16.6. The molecule has 0 atom stereocenters. The third-order valence-corrected chi connectivity index (χ3v) is 10.2. The number of fused-ring (bicyclic) bond motifs is 6. The monoisotopic (exact) mass is 602 g/mol. The summed E-state index contributed by atoms with van der Waals surface area (Å²) < 4.78 is 0.868. The zero-order valence-corrected chi connectivity index (χ0v) is 27.1. The highest BCUT2D eigenvalue weighted by molar-refractivity contribution is 6.21. The SMILES string of the molecule is Cc1ccc2cc(-c3c4ccccc4c(-c4cccc(-c5ccc6c(c5)-c5ccccc5[N+](C)(C)C6)c4)c4ccccc34)ccc2c1. The van der Waals surface area contributed by atoms with Crippen molar-refractivity contribution in [3.05, 3.63) is 163 Å². The van der Waals surface area contributed by atoms with Crippen molar-refractivity contribution in [1.29, 1.82) is 0 Å². The Morgan fingerprint density at radius 1 is 0.426 bits per heavy atom. The summed E-state index contributed by atoms with van der Waals surface area (Å²) in [6, 6.07) is 56.7. The molecule has 224 valence electrons. The van der Waals surface area contributed by atoms with Crippen LogP contribution in [-0.4, -0.2) is 14.1 Å². The molecule has 1 aliphatic heterocycles. The highest BCUT2D eigenvalue weighted by atomic mass is 15.3. The van der Waals surface area contributed by atoms with Gasteiger partial charge in [0.05, 0.1) is 14.1 Å². The van der Waals surface area contributed by atoms with Crippen molar-refractivity contribution >= 4 is 38.0 Å². The number of hydrogen-bond acceptors (Lipinski definition) is 0. The lowest BCUT2D eigenvalue weighted by Gasteiger charge is -2.36. The Labute approximate surface area is 276 Å². The van der Waals surface area contributed by atoms with Gasteiger partial charge in [0.1, 0.15) is 12.2 Å². The summed E-state index contributed by atoms with van der Waals surface area (Å²) in [5.41, 5.74) is 14.4. The van der Waals surface area contributed by atoms with E-state index in [9.17, 15) is 0 Å². The fourth-order valence-corrected chi connectivity index (χ4v) is 8.01. The van der Waals surface area contributed by atoms with Crippen LogP contribution in [0.5, 0.6) is 0 Å². The highest BCUT2D eigenvalue weighted by Crippen LogP contribution is 2.46. The molecule has 0 spiro atoms. The Hall–Kier alpha value is -5.50. The first kappa shape index (κ1) is 27.8. The second-order valence-electron chi connectivity index (χ2n) is 13.7. The lowest BCUT2D eigenvalue weighted by molar-refractivity contribution is 0.388. The largest absolute Gasteiger partial charge is 0.292 e. The zero-order chi connectivity index (χ0) is 31.7. The van der Waals surface area contributed by atoms with Crippen LogP contribution in [0, 0.1) is 6.92 Å². The summed E-state index contributed by atoms with van der Waals surface area (Å²) >= 11 is 0. The van der Waals surface area contributed by atoms with Crippen molar-refractivity contribution in [3.63, 3.8) is 0 Å². The average molecular weight is 603 g/mol. The first-order chi connectivity index (χ1) is 22.9. The molecule has 1 nitrogen and oxygen atoms in total. The molecule has 8 aromatic rings. The molecule has 1 heteroatoms. The predicted molar refractivity (Wildman–Crippen MR) is 203 cm³/mol. The molecule has 47 heavy (non-hydrogen) atoms. The number of hydrogen-bond donors (Lipinski definition) is 0. The van der Waals surface area contributed by atoms with E-state index in [0.717, 1.165) is 11.0 Å². The summed E-state index contributed by atoms with van der Waals surface area (Å²) in [6.07, 6.45) is 0. The van der Waals surface area contributed by atoms with E-state index in [4.69, 9.17) is 0 Å². The van der Waals surface area contributed by atoms with Crippen molar-refractivity contribution in [3.8, 4) is 44.5 Å². The van der Waals surface area contributed by atoms with Crippen LogP contribution in [0.1, 0.15) is 11.1 Å². The Bertz CT molecular complexity index is 2480. The molecular weight excluding hydrogens is 567 g/mol.